The molecule has 2 N–H and O–H groups in total. The summed E-state index contributed by atoms with van der Waals surface area (Å²) < 4.78 is 4.83. The second-order valence-corrected chi connectivity index (χ2v) is 1.59. The van der Waals surface area contributed by atoms with Gasteiger partial charge in [0.2, 0.25) is 0 Å². The average Bonchev–Trinajstić information content (AvgIpc) is 2.14. The van der Waals surface area contributed by atoms with Gasteiger partial charge in [-0.3, -0.25) is 0 Å². The molecule has 0 radical (unpaired) electrons. The smallest absolute Gasteiger partial charge is 0.160 e. The van der Waals surface area contributed by atoms with E-state index in [1.807, 2.05) is 0 Å². The van der Waals surface area contributed by atoms with Gasteiger partial charge in [0.15, 0.2) is 5.76 Å². The van der Waals surface area contributed by atoms with Gasteiger partial charge < -0.3 is 10.2 Å². The average molecular weight is 127 g/mol. The topological polar surface area (TPSA) is 39.2 Å². The molecule has 1 aromatic heterocycles. The molecule has 1 rings (SSSR count). The lowest BCUT2D eigenvalue weighted by Gasteiger charge is -1.81. The van der Waals surface area contributed by atoms with Gasteiger partial charge in [-0.05, 0) is 0 Å². The van der Waals surface area contributed by atoms with Crippen LogP contribution in [-0.2, 0) is 0 Å². The van der Waals surface area contributed by atoms with Crippen molar-refractivity contribution in [1.29, 1.82) is 0 Å². The molecule has 0 saturated heterocycles. The molecule has 0 unspecified atom stereocenters. The quantitative estimate of drug-likeness (QED) is 0.576. The Labute approximate surface area is 52.3 Å². The Hall–Kier alpha value is -0.830. The van der Waals surface area contributed by atoms with E-state index in [0.29, 0.717) is 11.4 Å². The maximum atomic E-state index is 5.36. The molecule has 0 aliphatic heterocycles. The number of thiocarbonyl (C=S) groups is 1. The first-order valence-electron chi connectivity index (χ1n) is 2.12. The van der Waals surface area contributed by atoms with Crippen molar-refractivity contribution in [3.05, 3.63) is 18.1 Å². The fourth-order valence-electron chi connectivity index (χ4n) is 0.427. The SMILES string of the molecule is Nc1ccoc1C=S. The summed E-state index contributed by atoms with van der Waals surface area (Å²) in [7, 11) is 0. The van der Waals surface area contributed by atoms with E-state index in [-0.39, 0.29) is 0 Å². The number of nitrogens with two attached hydrogens (primary N) is 1. The van der Waals surface area contributed by atoms with E-state index in [9.17, 15) is 0 Å². The summed E-state index contributed by atoms with van der Waals surface area (Å²) in [5.41, 5.74) is 5.96. The molecule has 0 bridgehead atoms. The van der Waals surface area contributed by atoms with Crippen molar-refractivity contribution in [3.8, 4) is 0 Å². The first-order chi connectivity index (χ1) is 3.84. The zero-order valence-electron chi connectivity index (χ0n) is 4.13. The maximum absolute atomic E-state index is 5.36. The largest absolute Gasteiger partial charge is 0.462 e. The van der Waals surface area contributed by atoms with Crippen LogP contribution in [0.5, 0.6) is 0 Å². The highest BCUT2D eigenvalue weighted by molar-refractivity contribution is 7.79. The zero-order valence-corrected chi connectivity index (χ0v) is 4.94. The van der Waals surface area contributed by atoms with Crippen LogP contribution in [0.25, 0.3) is 0 Å². The third-order valence-electron chi connectivity index (χ3n) is 0.834. The number of hydrogen-bond donors (Lipinski definition) is 1. The highest BCUT2D eigenvalue weighted by Gasteiger charge is 1.94. The molecule has 0 saturated carbocycles. The molecule has 1 heterocycles. The van der Waals surface area contributed by atoms with Crippen LogP contribution < -0.4 is 5.73 Å². The standard InChI is InChI=1S/C5H5NOS/c6-4-1-2-7-5(4)3-8/h1-3H,6H2. The second kappa shape index (κ2) is 1.96. The number of furan rings is 1. The predicted octanol–water partition coefficient (Wildman–Crippen LogP) is 1.21. The molecular formula is C5H5NOS. The van der Waals surface area contributed by atoms with E-state index in [1.54, 1.807) is 6.07 Å². The van der Waals surface area contributed by atoms with Crippen LogP contribution in [0.1, 0.15) is 5.76 Å². The third-order valence-corrected chi connectivity index (χ3v) is 1.05. The fraction of sp³-hybridized carbons (Fsp3) is 0. The van der Waals surface area contributed by atoms with Crippen LogP contribution in [0.3, 0.4) is 0 Å². The van der Waals surface area contributed by atoms with Crippen molar-refractivity contribution >= 4 is 23.3 Å². The molecule has 0 fully saturated rings. The van der Waals surface area contributed by atoms with Gasteiger partial charge in [-0.25, -0.2) is 0 Å². The molecule has 1 aromatic rings. The van der Waals surface area contributed by atoms with Crippen LogP contribution in [0, 0.1) is 0 Å². The summed E-state index contributed by atoms with van der Waals surface area (Å²) in [6.07, 6.45) is 1.51. The first kappa shape index (κ1) is 5.31. The maximum Gasteiger partial charge on any atom is 0.160 e. The number of nitrogen functional groups attached to an aromatic ring is 1. The zero-order chi connectivity index (χ0) is 5.98. The van der Waals surface area contributed by atoms with Gasteiger partial charge >= 0.3 is 0 Å². The molecule has 0 aromatic carbocycles. The van der Waals surface area contributed by atoms with Crippen LogP contribution in [-0.4, -0.2) is 5.37 Å². The molecule has 0 amide bonds. The van der Waals surface area contributed by atoms with Gasteiger partial charge in [-0.2, -0.15) is 0 Å². The Morgan fingerprint density at radius 1 is 1.75 bits per heavy atom. The van der Waals surface area contributed by atoms with Crippen LogP contribution >= 0.6 is 12.2 Å². The van der Waals surface area contributed by atoms with Crippen LogP contribution in [0.15, 0.2) is 16.7 Å². The van der Waals surface area contributed by atoms with Gasteiger partial charge in [0.05, 0.1) is 12.0 Å². The molecule has 3 heteroatoms. The lowest BCUT2D eigenvalue weighted by atomic mass is 10.4. The van der Waals surface area contributed by atoms with Gasteiger partial charge in [-0.1, -0.05) is 12.2 Å². The van der Waals surface area contributed by atoms with Crippen molar-refractivity contribution in [3.63, 3.8) is 0 Å². The molecule has 0 atom stereocenters. The molecule has 0 aliphatic rings. The van der Waals surface area contributed by atoms with Gasteiger partial charge in [0.25, 0.3) is 0 Å². The minimum absolute atomic E-state index is 0.569. The Morgan fingerprint density at radius 2 is 2.50 bits per heavy atom. The van der Waals surface area contributed by atoms with E-state index >= 15 is 0 Å². The Balaban J connectivity index is 3.09. The molecule has 0 aliphatic carbocycles. The number of hydrogen-bond acceptors (Lipinski definition) is 3. The Kier molecular flexibility index (Phi) is 1.30. The van der Waals surface area contributed by atoms with Gasteiger partial charge in [0, 0.05) is 11.4 Å². The normalized spacial score (nSPS) is 9.00. The fourth-order valence-corrected chi connectivity index (χ4v) is 0.618. The summed E-state index contributed by atoms with van der Waals surface area (Å²) in [5.74, 6) is 0.569. The van der Waals surface area contributed by atoms with Crippen molar-refractivity contribution in [2.24, 2.45) is 0 Å². The summed E-state index contributed by atoms with van der Waals surface area (Å²) in [5, 5.41) is 1.41. The minimum atomic E-state index is 0.569. The van der Waals surface area contributed by atoms with Crippen LogP contribution in [0.2, 0.25) is 0 Å². The van der Waals surface area contributed by atoms with Crippen molar-refractivity contribution < 1.29 is 4.42 Å². The van der Waals surface area contributed by atoms with Gasteiger partial charge in [0.1, 0.15) is 0 Å². The predicted molar refractivity (Wildman–Crippen MR) is 35.9 cm³/mol. The van der Waals surface area contributed by atoms with Crippen LogP contribution in [0.4, 0.5) is 5.69 Å². The Bertz CT molecular complexity index is 194. The van der Waals surface area contributed by atoms with E-state index in [2.05, 4.69) is 12.2 Å². The van der Waals surface area contributed by atoms with E-state index in [1.165, 1.54) is 11.6 Å². The molecular weight excluding hydrogens is 122 g/mol. The highest BCUT2D eigenvalue weighted by atomic mass is 32.1. The summed E-state index contributed by atoms with van der Waals surface area (Å²) in [6, 6.07) is 1.66. The molecule has 8 heavy (non-hydrogen) atoms. The Morgan fingerprint density at radius 3 is 2.75 bits per heavy atom. The number of anilines is 1. The third kappa shape index (κ3) is 0.721. The minimum Gasteiger partial charge on any atom is -0.462 e. The summed E-state index contributed by atoms with van der Waals surface area (Å²) in [4.78, 5) is 0. The molecule has 0 spiro atoms. The van der Waals surface area contributed by atoms with Gasteiger partial charge in [-0.15, -0.1) is 0 Å². The van der Waals surface area contributed by atoms with E-state index in [0.717, 1.165) is 0 Å². The van der Waals surface area contributed by atoms with E-state index in [4.69, 9.17) is 10.2 Å². The summed E-state index contributed by atoms with van der Waals surface area (Å²) >= 11 is 4.56. The second-order valence-electron chi connectivity index (χ2n) is 1.36. The molecule has 42 valence electrons. The first-order valence-corrected chi connectivity index (χ1v) is 2.60. The number of rotatable bonds is 1. The molecule has 2 nitrogen and oxygen atoms in total. The summed E-state index contributed by atoms with van der Waals surface area (Å²) in [6.45, 7) is 0. The lowest BCUT2D eigenvalue weighted by Crippen LogP contribution is -1.84. The van der Waals surface area contributed by atoms with Crippen molar-refractivity contribution in [2.45, 2.75) is 0 Å². The lowest BCUT2D eigenvalue weighted by molar-refractivity contribution is 0.562. The highest BCUT2D eigenvalue weighted by Crippen LogP contribution is 2.08. The van der Waals surface area contributed by atoms with E-state index < -0.39 is 0 Å². The van der Waals surface area contributed by atoms with Crippen molar-refractivity contribution in [2.75, 3.05) is 5.73 Å². The van der Waals surface area contributed by atoms with Crippen molar-refractivity contribution in [1.82, 2.24) is 0 Å². The monoisotopic (exact) mass is 127 g/mol.